The molecule has 0 saturated heterocycles. The molecule has 104 valence electrons. The number of pyridine rings is 1. The van der Waals surface area contributed by atoms with Crippen LogP contribution >= 0.6 is 0 Å². The van der Waals surface area contributed by atoms with Crippen LogP contribution in [0.25, 0.3) is 0 Å². The minimum Gasteiger partial charge on any atom is -0.508 e. The van der Waals surface area contributed by atoms with E-state index in [9.17, 15) is 5.11 Å². The number of benzene rings is 1. The van der Waals surface area contributed by atoms with Gasteiger partial charge >= 0.3 is 0 Å². The molecule has 1 aromatic heterocycles. The minimum atomic E-state index is 0.234. The Morgan fingerprint density at radius 2 is 2.25 bits per heavy atom. The van der Waals surface area contributed by atoms with Crippen molar-refractivity contribution >= 4 is 5.69 Å². The molecule has 0 amide bonds. The first-order valence-corrected chi connectivity index (χ1v) is 6.85. The number of rotatable bonds is 3. The number of aryl methyl sites for hydroxylation is 1. The molecule has 1 aromatic carbocycles. The zero-order chi connectivity index (χ0) is 13.9. The van der Waals surface area contributed by atoms with E-state index in [2.05, 4.69) is 10.3 Å². The second kappa shape index (κ2) is 5.41. The smallest absolute Gasteiger partial charge is 0.237 e. The lowest BCUT2D eigenvalue weighted by atomic mass is 9.87. The molecule has 0 fully saturated rings. The number of aromatic hydroxyl groups is 1. The summed E-state index contributed by atoms with van der Waals surface area (Å²) in [5, 5.41) is 13.1. The molecule has 0 aliphatic heterocycles. The van der Waals surface area contributed by atoms with Gasteiger partial charge in [-0.1, -0.05) is 6.07 Å². The molecule has 2 aromatic rings. The van der Waals surface area contributed by atoms with Gasteiger partial charge < -0.3 is 15.2 Å². The summed E-state index contributed by atoms with van der Waals surface area (Å²) in [6, 6.07) is 9.72. The standard InChI is InChI=1S/C16H18N2O2/c1-20-16-15(6-3-9-17-16)18-14-5-2-4-11-10-12(19)7-8-13(11)14/h3,6-10,14,18-19H,2,4-5H2,1H3. The van der Waals surface area contributed by atoms with Crippen LogP contribution in [-0.2, 0) is 6.42 Å². The number of nitrogens with one attached hydrogen (secondary N) is 1. The summed E-state index contributed by atoms with van der Waals surface area (Å²) in [7, 11) is 1.63. The third-order valence-electron chi connectivity index (χ3n) is 3.74. The largest absolute Gasteiger partial charge is 0.508 e. The molecule has 0 radical (unpaired) electrons. The molecular formula is C16H18N2O2. The Kier molecular flexibility index (Phi) is 3.46. The van der Waals surface area contributed by atoms with E-state index in [1.54, 1.807) is 19.4 Å². The maximum Gasteiger partial charge on any atom is 0.237 e. The highest BCUT2D eigenvalue weighted by molar-refractivity contribution is 5.54. The Morgan fingerprint density at radius 1 is 1.35 bits per heavy atom. The summed E-state index contributed by atoms with van der Waals surface area (Å²) < 4.78 is 5.28. The van der Waals surface area contributed by atoms with Crippen LogP contribution in [0, 0.1) is 0 Å². The molecule has 0 bridgehead atoms. The monoisotopic (exact) mass is 270 g/mol. The van der Waals surface area contributed by atoms with Crippen LogP contribution in [0.1, 0.15) is 30.0 Å². The molecule has 1 heterocycles. The second-order valence-electron chi connectivity index (χ2n) is 5.03. The molecule has 0 saturated carbocycles. The topological polar surface area (TPSA) is 54.4 Å². The summed E-state index contributed by atoms with van der Waals surface area (Å²) >= 11 is 0. The van der Waals surface area contributed by atoms with E-state index in [0.29, 0.717) is 11.6 Å². The Labute approximate surface area is 118 Å². The van der Waals surface area contributed by atoms with Crippen LogP contribution in [0.5, 0.6) is 11.6 Å². The normalized spacial score (nSPS) is 17.4. The van der Waals surface area contributed by atoms with Crippen LogP contribution in [0.15, 0.2) is 36.5 Å². The van der Waals surface area contributed by atoms with Crippen molar-refractivity contribution in [3.05, 3.63) is 47.7 Å². The number of phenols is 1. The van der Waals surface area contributed by atoms with E-state index >= 15 is 0 Å². The molecule has 1 aliphatic rings. The average molecular weight is 270 g/mol. The number of methoxy groups -OCH3 is 1. The summed E-state index contributed by atoms with van der Waals surface area (Å²) in [6.45, 7) is 0. The molecule has 1 unspecified atom stereocenters. The third-order valence-corrected chi connectivity index (χ3v) is 3.74. The van der Waals surface area contributed by atoms with Crippen molar-refractivity contribution in [3.63, 3.8) is 0 Å². The van der Waals surface area contributed by atoms with Gasteiger partial charge in [0.25, 0.3) is 0 Å². The zero-order valence-corrected chi connectivity index (χ0v) is 11.5. The predicted molar refractivity (Wildman–Crippen MR) is 78.2 cm³/mol. The SMILES string of the molecule is COc1ncccc1NC1CCCc2cc(O)ccc21. The van der Waals surface area contributed by atoms with Crippen LogP contribution in [0.2, 0.25) is 0 Å². The van der Waals surface area contributed by atoms with Crippen molar-refractivity contribution in [1.82, 2.24) is 4.98 Å². The van der Waals surface area contributed by atoms with Gasteiger partial charge in [0.2, 0.25) is 5.88 Å². The van der Waals surface area contributed by atoms with Gasteiger partial charge in [-0.15, -0.1) is 0 Å². The molecule has 4 heteroatoms. The average Bonchev–Trinajstić information content (AvgIpc) is 2.47. The fraction of sp³-hybridized carbons (Fsp3) is 0.312. The Bertz CT molecular complexity index is 613. The molecule has 1 atom stereocenters. The van der Waals surface area contributed by atoms with Crippen molar-refractivity contribution in [2.45, 2.75) is 25.3 Å². The zero-order valence-electron chi connectivity index (χ0n) is 11.5. The first-order chi connectivity index (χ1) is 9.78. The summed E-state index contributed by atoms with van der Waals surface area (Å²) in [5.41, 5.74) is 3.37. The number of fused-ring (bicyclic) bond motifs is 1. The lowest BCUT2D eigenvalue weighted by molar-refractivity contribution is 0.399. The number of hydrogen-bond acceptors (Lipinski definition) is 4. The molecule has 4 nitrogen and oxygen atoms in total. The van der Waals surface area contributed by atoms with Crippen molar-refractivity contribution in [2.75, 3.05) is 12.4 Å². The number of ether oxygens (including phenoxy) is 1. The Hall–Kier alpha value is -2.23. The van der Waals surface area contributed by atoms with Gasteiger partial charge in [0.15, 0.2) is 0 Å². The molecule has 3 rings (SSSR count). The van der Waals surface area contributed by atoms with Crippen molar-refractivity contribution in [3.8, 4) is 11.6 Å². The first-order valence-electron chi connectivity index (χ1n) is 6.85. The van der Waals surface area contributed by atoms with Crippen molar-refractivity contribution < 1.29 is 9.84 Å². The quantitative estimate of drug-likeness (QED) is 0.898. The third kappa shape index (κ3) is 2.41. The van der Waals surface area contributed by atoms with Gasteiger partial charge in [-0.3, -0.25) is 0 Å². The minimum absolute atomic E-state index is 0.234. The van der Waals surface area contributed by atoms with Crippen LogP contribution in [0.3, 0.4) is 0 Å². The van der Waals surface area contributed by atoms with Gasteiger partial charge in [-0.05, 0) is 54.7 Å². The van der Waals surface area contributed by atoms with E-state index in [1.165, 1.54) is 11.1 Å². The number of phenolic OH excluding ortho intramolecular Hbond substituents is 1. The summed E-state index contributed by atoms with van der Waals surface area (Å²) in [6.07, 6.45) is 4.91. The van der Waals surface area contributed by atoms with E-state index < -0.39 is 0 Å². The number of nitrogens with zero attached hydrogens (tertiary/aromatic N) is 1. The summed E-state index contributed by atoms with van der Waals surface area (Å²) in [5.74, 6) is 0.946. The first kappa shape index (κ1) is 12.8. The predicted octanol–water partition coefficient (Wildman–Crippen LogP) is 3.29. The van der Waals surface area contributed by atoms with Crippen molar-refractivity contribution in [1.29, 1.82) is 0 Å². The molecule has 2 N–H and O–H groups in total. The Morgan fingerprint density at radius 3 is 3.10 bits per heavy atom. The van der Waals surface area contributed by atoms with E-state index in [-0.39, 0.29) is 6.04 Å². The van der Waals surface area contributed by atoms with Crippen LogP contribution in [-0.4, -0.2) is 17.2 Å². The van der Waals surface area contributed by atoms with Gasteiger partial charge in [0.1, 0.15) is 5.75 Å². The van der Waals surface area contributed by atoms with E-state index in [4.69, 9.17) is 4.74 Å². The lowest BCUT2D eigenvalue weighted by Crippen LogP contribution is -2.17. The van der Waals surface area contributed by atoms with Gasteiger partial charge in [-0.25, -0.2) is 4.98 Å². The highest BCUT2D eigenvalue weighted by atomic mass is 16.5. The second-order valence-corrected chi connectivity index (χ2v) is 5.03. The molecule has 1 aliphatic carbocycles. The highest BCUT2D eigenvalue weighted by Crippen LogP contribution is 2.35. The maximum absolute atomic E-state index is 9.60. The number of aromatic nitrogens is 1. The summed E-state index contributed by atoms with van der Waals surface area (Å²) in [4.78, 5) is 4.21. The Balaban J connectivity index is 1.89. The van der Waals surface area contributed by atoms with E-state index in [1.807, 2.05) is 24.3 Å². The van der Waals surface area contributed by atoms with Gasteiger partial charge in [-0.2, -0.15) is 0 Å². The maximum atomic E-state index is 9.60. The molecular weight excluding hydrogens is 252 g/mol. The number of anilines is 1. The fourth-order valence-electron chi connectivity index (χ4n) is 2.80. The van der Waals surface area contributed by atoms with Crippen LogP contribution in [0.4, 0.5) is 5.69 Å². The van der Waals surface area contributed by atoms with Gasteiger partial charge in [0, 0.05) is 6.20 Å². The van der Waals surface area contributed by atoms with Crippen LogP contribution < -0.4 is 10.1 Å². The van der Waals surface area contributed by atoms with E-state index in [0.717, 1.165) is 24.9 Å². The number of hydrogen-bond donors (Lipinski definition) is 2. The fourth-order valence-corrected chi connectivity index (χ4v) is 2.80. The van der Waals surface area contributed by atoms with Crippen molar-refractivity contribution in [2.24, 2.45) is 0 Å². The highest BCUT2D eigenvalue weighted by Gasteiger charge is 2.21. The molecule has 0 spiro atoms. The molecule has 20 heavy (non-hydrogen) atoms. The lowest BCUT2D eigenvalue weighted by Gasteiger charge is -2.27. The van der Waals surface area contributed by atoms with Gasteiger partial charge in [0.05, 0.1) is 18.8 Å².